The van der Waals surface area contributed by atoms with E-state index in [1.807, 2.05) is 0 Å². The van der Waals surface area contributed by atoms with Gasteiger partial charge >= 0.3 is 6.18 Å². The van der Waals surface area contributed by atoms with Gasteiger partial charge in [-0.3, -0.25) is 0 Å². The third kappa shape index (κ3) is 2.89. The minimum atomic E-state index is -4.80. The van der Waals surface area contributed by atoms with Gasteiger partial charge in [-0.25, -0.2) is 4.39 Å². The van der Waals surface area contributed by atoms with Crippen LogP contribution in [-0.2, 0) is 5.60 Å². The molecule has 2 rings (SSSR count). The SMILES string of the molecule is CCNC(C(F)(F)F)C(O)(CF)c1ccc2ccoc2c1. The van der Waals surface area contributed by atoms with Gasteiger partial charge in [-0.05, 0) is 24.2 Å². The molecule has 2 atom stereocenters. The van der Waals surface area contributed by atoms with Crippen LogP contribution in [0.1, 0.15) is 12.5 Å². The maximum atomic E-state index is 13.3. The molecule has 1 heterocycles. The van der Waals surface area contributed by atoms with E-state index >= 15 is 0 Å². The van der Waals surface area contributed by atoms with E-state index in [0.717, 1.165) is 0 Å². The van der Waals surface area contributed by atoms with Crippen molar-refractivity contribution >= 4 is 11.0 Å². The highest BCUT2D eigenvalue weighted by molar-refractivity contribution is 5.77. The van der Waals surface area contributed by atoms with Gasteiger partial charge in [0.2, 0.25) is 0 Å². The number of aliphatic hydroxyl groups is 1. The summed E-state index contributed by atoms with van der Waals surface area (Å²) in [7, 11) is 0. The molecule has 0 aliphatic rings. The lowest BCUT2D eigenvalue weighted by Crippen LogP contribution is -2.58. The van der Waals surface area contributed by atoms with Crippen LogP contribution in [0.3, 0.4) is 0 Å². The Labute approximate surface area is 118 Å². The molecule has 0 bridgehead atoms. The normalized spacial score (nSPS) is 16.9. The molecule has 21 heavy (non-hydrogen) atoms. The van der Waals surface area contributed by atoms with Crippen molar-refractivity contribution < 1.29 is 27.1 Å². The first-order valence-electron chi connectivity index (χ1n) is 6.39. The predicted molar refractivity (Wildman–Crippen MR) is 69.6 cm³/mol. The number of benzene rings is 1. The minimum absolute atomic E-state index is 0.0600. The number of rotatable bonds is 5. The quantitative estimate of drug-likeness (QED) is 0.834. The van der Waals surface area contributed by atoms with Crippen LogP contribution in [0.4, 0.5) is 17.6 Å². The Hall–Kier alpha value is -1.60. The Morgan fingerprint density at radius 2 is 2.00 bits per heavy atom. The maximum Gasteiger partial charge on any atom is 0.407 e. The second-order valence-electron chi connectivity index (χ2n) is 4.76. The Bertz CT molecular complexity index is 610. The van der Waals surface area contributed by atoms with E-state index in [-0.39, 0.29) is 17.7 Å². The number of fused-ring (bicyclic) bond motifs is 1. The predicted octanol–water partition coefficient (Wildman–Crippen LogP) is 3.13. The number of nitrogens with one attached hydrogen (secondary N) is 1. The summed E-state index contributed by atoms with van der Waals surface area (Å²) in [4.78, 5) is 0. The lowest BCUT2D eigenvalue weighted by Gasteiger charge is -2.36. The van der Waals surface area contributed by atoms with Crippen LogP contribution in [0.15, 0.2) is 34.9 Å². The molecule has 3 nitrogen and oxygen atoms in total. The van der Waals surface area contributed by atoms with Crippen LogP contribution in [0.2, 0.25) is 0 Å². The van der Waals surface area contributed by atoms with Gasteiger partial charge in [-0.1, -0.05) is 19.1 Å². The smallest absolute Gasteiger partial charge is 0.407 e. The molecule has 0 amide bonds. The molecule has 7 heteroatoms. The van der Waals surface area contributed by atoms with Crippen molar-refractivity contribution in [3.8, 4) is 0 Å². The first kappa shape index (κ1) is 15.8. The zero-order valence-corrected chi connectivity index (χ0v) is 11.2. The Morgan fingerprint density at radius 1 is 1.29 bits per heavy atom. The molecule has 0 saturated heterocycles. The highest BCUT2D eigenvalue weighted by atomic mass is 19.4. The van der Waals surface area contributed by atoms with Gasteiger partial charge in [0.1, 0.15) is 23.9 Å². The van der Waals surface area contributed by atoms with Gasteiger partial charge in [0.25, 0.3) is 0 Å². The van der Waals surface area contributed by atoms with Crippen molar-refractivity contribution in [2.75, 3.05) is 13.2 Å². The van der Waals surface area contributed by atoms with Gasteiger partial charge in [0, 0.05) is 5.39 Å². The lowest BCUT2D eigenvalue weighted by molar-refractivity contribution is -0.208. The lowest BCUT2D eigenvalue weighted by atomic mass is 9.86. The van der Waals surface area contributed by atoms with Gasteiger partial charge in [-0.15, -0.1) is 0 Å². The van der Waals surface area contributed by atoms with Crippen molar-refractivity contribution in [2.45, 2.75) is 24.7 Å². The van der Waals surface area contributed by atoms with Crippen molar-refractivity contribution in [3.05, 3.63) is 36.1 Å². The molecule has 1 aromatic heterocycles. The molecule has 1 aromatic carbocycles. The highest BCUT2D eigenvalue weighted by Gasteiger charge is 2.53. The van der Waals surface area contributed by atoms with Crippen LogP contribution >= 0.6 is 0 Å². The summed E-state index contributed by atoms with van der Waals surface area (Å²) in [5, 5.41) is 13.1. The fourth-order valence-corrected chi connectivity index (χ4v) is 2.30. The summed E-state index contributed by atoms with van der Waals surface area (Å²) in [6.07, 6.45) is -3.43. The number of halogens is 4. The van der Waals surface area contributed by atoms with Crippen molar-refractivity contribution in [1.29, 1.82) is 0 Å². The molecular weight excluding hydrogens is 290 g/mol. The zero-order valence-electron chi connectivity index (χ0n) is 11.2. The molecular formula is C14H15F4NO2. The largest absolute Gasteiger partial charge is 0.464 e. The summed E-state index contributed by atoms with van der Waals surface area (Å²) in [5.74, 6) is 0. The zero-order chi connectivity index (χ0) is 15.7. The van der Waals surface area contributed by atoms with Crippen LogP contribution in [-0.4, -0.2) is 30.5 Å². The van der Waals surface area contributed by atoms with Crippen molar-refractivity contribution in [2.24, 2.45) is 0 Å². The number of hydrogen-bond donors (Lipinski definition) is 2. The number of alkyl halides is 4. The Morgan fingerprint density at radius 3 is 2.57 bits per heavy atom. The second-order valence-corrected chi connectivity index (χ2v) is 4.76. The minimum Gasteiger partial charge on any atom is -0.464 e. The topological polar surface area (TPSA) is 45.4 Å². The van der Waals surface area contributed by atoms with Gasteiger partial charge in [0.15, 0.2) is 0 Å². The summed E-state index contributed by atoms with van der Waals surface area (Å²) < 4.78 is 57.8. The molecule has 0 fully saturated rings. The molecule has 116 valence electrons. The van der Waals surface area contributed by atoms with Gasteiger partial charge in [0.05, 0.1) is 6.26 Å². The number of hydrogen-bond acceptors (Lipinski definition) is 3. The molecule has 0 aliphatic heterocycles. The van der Waals surface area contributed by atoms with E-state index < -0.39 is 24.5 Å². The standard InChI is InChI=1S/C14H15F4NO2/c1-2-19-12(14(16,17)18)13(20,8-15)10-4-3-9-5-6-21-11(9)7-10/h3-7,12,19-20H,2,8H2,1H3. The summed E-state index contributed by atoms with van der Waals surface area (Å²) in [6, 6.07) is 3.19. The fourth-order valence-electron chi connectivity index (χ4n) is 2.30. The van der Waals surface area contributed by atoms with Gasteiger partial charge in [-0.2, -0.15) is 13.2 Å². The Kier molecular flexibility index (Phi) is 4.25. The first-order valence-corrected chi connectivity index (χ1v) is 6.39. The van der Waals surface area contributed by atoms with E-state index in [1.165, 1.54) is 31.4 Å². The molecule has 2 aromatic rings. The van der Waals surface area contributed by atoms with Crippen molar-refractivity contribution in [3.63, 3.8) is 0 Å². The molecule has 0 spiro atoms. The number of furan rings is 1. The van der Waals surface area contributed by atoms with Crippen molar-refractivity contribution in [1.82, 2.24) is 5.32 Å². The van der Waals surface area contributed by atoms with Crippen LogP contribution in [0, 0.1) is 0 Å². The molecule has 2 N–H and O–H groups in total. The summed E-state index contributed by atoms with van der Waals surface area (Å²) in [5.41, 5.74) is -2.61. The van der Waals surface area contributed by atoms with E-state index in [1.54, 1.807) is 6.07 Å². The van der Waals surface area contributed by atoms with E-state index in [2.05, 4.69) is 5.32 Å². The maximum absolute atomic E-state index is 13.3. The summed E-state index contributed by atoms with van der Waals surface area (Å²) >= 11 is 0. The van der Waals surface area contributed by atoms with Crippen LogP contribution in [0.5, 0.6) is 0 Å². The number of likely N-dealkylation sites (N-methyl/N-ethyl adjacent to an activating group) is 1. The van der Waals surface area contributed by atoms with Gasteiger partial charge < -0.3 is 14.8 Å². The average molecular weight is 305 g/mol. The third-order valence-electron chi connectivity index (χ3n) is 3.37. The fraction of sp³-hybridized carbons (Fsp3) is 0.429. The third-order valence-corrected chi connectivity index (χ3v) is 3.37. The second kappa shape index (κ2) is 5.65. The highest BCUT2D eigenvalue weighted by Crippen LogP contribution is 2.37. The monoisotopic (exact) mass is 305 g/mol. The molecule has 0 aliphatic carbocycles. The summed E-state index contributed by atoms with van der Waals surface area (Å²) in [6.45, 7) is -0.182. The molecule has 0 radical (unpaired) electrons. The first-order chi connectivity index (χ1) is 9.82. The molecule has 2 unspecified atom stereocenters. The Balaban J connectivity index is 2.51. The van der Waals surface area contributed by atoms with E-state index in [4.69, 9.17) is 4.42 Å². The average Bonchev–Trinajstić information content (AvgIpc) is 2.90. The van der Waals surface area contributed by atoms with E-state index in [0.29, 0.717) is 5.39 Å². The molecule has 0 saturated carbocycles. The van der Waals surface area contributed by atoms with Crippen LogP contribution in [0.25, 0.3) is 11.0 Å². The van der Waals surface area contributed by atoms with E-state index in [9.17, 15) is 22.7 Å². The van der Waals surface area contributed by atoms with Crippen LogP contribution < -0.4 is 5.32 Å².